The molecule has 2 fully saturated rings. The Morgan fingerprint density at radius 3 is 2.35 bits per heavy atom. The molecule has 0 heterocycles. The van der Waals surface area contributed by atoms with Crippen molar-refractivity contribution in [2.45, 2.75) is 92.2 Å². The predicted octanol–water partition coefficient (Wildman–Crippen LogP) is 5.25. The number of hydrogen-bond acceptors (Lipinski definition) is 1. The second kappa shape index (κ2) is 6.38. The van der Waals surface area contributed by atoms with Gasteiger partial charge in [0.25, 0.3) is 0 Å². The number of hydrogen-bond donors (Lipinski definition) is 1. The van der Waals surface area contributed by atoms with Gasteiger partial charge in [0, 0.05) is 12.1 Å². The second-order valence-corrected chi connectivity index (χ2v) is 8.98. The van der Waals surface area contributed by atoms with Gasteiger partial charge in [-0.05, 0) is 54.8 Å². The molecule has 1 nitrogen and oxygen atoms in total. The zero-order valence-electron chi connectivity index (χ0n) is 14.7. The summed E-state index contributed by atoms with van der Waals surface area (Å²) in [6.45, 7) is 14.7. The third kappa shape index (κ3) is 3.78. The van der Waals surface area contributed by atoms with Gasteiger partial charge in [-0.1, -0.05) is 54.4 Å². The summed E-state index contributed by atoms with van der Waals surface area (Å²) in [5.41, 5.74) is 0.543. The molecule has 0 radical (unpaired) electrons. The van der Waals surface area contributed by atoms with Crippen molar-refractivity contribution in [2.75, 3.05) is 0 Å². The SMILES string of the molecule is CC1CC(C)C(C2CCCC(NC(C)C)C2)C(C)(C)C1. The van der Waals surface area contributed by atoms with Crippen molar-refractivity contribution in [3.05, 3.63) is 0 Å². The highest BCUT2D eigenvalue weighted by atomic mass is 14.9. The predicted molar refractivity (Wildman–Crippen MR) is 88.9 cm³/mol. The molecule has 2 rings (SSSR count). The van der Waals surface area contributed by atoms with Crippen LogP contribution < -0.4 is 5.32 Å². The van der Waals surface area contributed by atoms with E-state index in [9.17, 15) is 0 Å². The van der Waals surface area contributed by atoms with Crippen LogP contribution in [0, 0.1) is 29.1 Å². The van der Waals surface area contributed by atoms with Gasteiger partial charge in [0.05, 0.1) is 0 Å². The van der Waals surface area contributed by atoms with Crippen LogP contribution in [0.3, 0.4) is 0 Å². The molecule has 20 heavy (non-hydrogen) atoms. The number of rotatable bonds is 3. The largest absolute Gasteiger partial charge is 0.312 e. The van der Waals surface area contributed by atoms with Gasteiger partial charge in [0.15, 0.2) is 0 Å². The first-order valence-electron chi connectivity index (χ1n) is 9.05. The summed E-state index contributed by atoms with van der Waals surface area (Å²) in [6, 6.07) is 1.41. The minimum atomic E-state index is 0.543. The highest BCUT2D eigenvalue weighted by molar-refractivity contribution is 4.95. The molecule has 0 spiro atoms. The van der Waals surface area contributed by atoms with Gasteiger partial charge in [-0.2, -0.15) is 0 Å². The Balaban J connectivity index is 2.05. The summed E-state index contributed by atoms with van der Waals surface area (Å²) >= 11 is 0. The molecule has 0 aromatic carbocycles. The zero-order chi connectivity index (χ0) is 14.9. The molecule has 2 aliphatic carbocycles. The minimum absolute atomic E-state index is 0.543. The van der Waals surface area contributed by atoms with E-state index in [0.717, 1.165) is 29.7 Å². The summed E-state index contributed by atoms with van der Waals surface area (Å²) in [6.07, 6.45) is 8.61. The van der Waals surface area contributed by atoms with E-state index in [2.05, 4.69) is 46.9 Å². The van der Waals surface area contributed by atoms with Gasteiger partial charge < -0.3 is 5.32 Å². The van der Waals surface area contributed by atoms with Crippen LogP contribution in [0.5, 0.6) is 0 Å². The molecule has 0 aliphatic heterocycles. The van der Waals surface area contributed by atoms with Gasteiger partial charge in [0.1, 0.15) is 0 Å². The molecule has 0 aromatic rings. The van der Waals surface area contributed by atoms with Gasteiger partial charge in [-0.3, -0.25) is 0 Å². The maximum Gasteiger partial charge on any atom is 0.00721 e. The lowest BCUT2D eigenvalue weighted by atomic mass is 9.55. The maximum atomic E-state index is 3.80. The average Bonchev–Trinajstić information content (AvgIpc) is 2.25. The molecule has 0 amide bonds. The third-order valence-electron chi connectivity index (χ3n) is 5.96. The first-order chi connectivity index (χ1) is 9.29. The molecule has 2 aliphatic rings. The fourth-order valence-corrected chi connectivity index (χ4v) is 5.95. The third-order valence-corrected chi connectivity index (χ3v) is 5.96. The normalized spacial score (nSPS) is 41.9. The first-order valence-corrected chi connectivity index (χ1v) is 9.05. The standard InChI is InChI=1S/C19H37N/c1-13(2)20-17-9-7-8-16(11-17)18-15(4)10-14(3)12-19(18,5)6/h13-18,20H,7-12H2,1-6H3. The summed E-state index contributed by atoms with van der Waals surface area (Å²) in [5.74, 6) is 3.73. The maximum absolute atomic E-state index is 3.80. The fourth-order valence-electron chi connectivity index (χ4n) is 5.95. The van der Waals surface area contributed by atoms with Crippen molar-refractivity contribution in [3.8, 4) is 0 Å². The monoisotopic (exact) mass is 279 g/mol. The Hall–Kier alpha value is -0.0400. The molecule has 1 heteroatoms. The Bertz CT molecular complexity index is 307. The van der Waals surface area contributed by atoms with E-state index in [-0.39, 0.29) is 0 Å². The summed E-state index contributed by atoms with van der Waals surface area (Å²) in [5, 5.41) is 3.80. The van der Waals surface area contributed by atoms with Crippen molar-refractivity contribution in [1.29, 1.82) is 0 Å². The Morgan fingerprint density at radius 1 is 1.05 bits per heavy atom. The van der Waals surface area contributed by atoms with Crippen molar-refractivity contribution in [1.82, 2.24) is 5.32 Å². The Morgan fingerprint density at radius 2 is 1.75 bits per heavy atom. The molecule has 0 bridgehead atoms. The molecular weight excluding hydrogens is 242 g/mol. The van der Waals surface area contributed by atoms with Crippen molar-refractivity contribution in [3.63, 3.8) is 0 Å². The van der Waals surface area contributed by atoms with Crippen LogP contribution in [0.15, 0.2) is 0 Å². The summed E-state index contributed by atoms with van der Waals surface area (Å²) < 4.78 is 0. The molecule has 5 atom stereocenters. The van der Waals surface area contributed by atoms with Gasteiger partial charge in [-0.25, -0.2) is 0 Å². The van der Waals surface area contributed by atoms with Crippen LogP contribution in [0.4, 0.5) is 0 Å². The number of nitrogens with one attached hydrogen (secondary N) is 1. The molecular formula is C19H37N. The van der Waals surface area contributed by atoms with Crippen molar-refractivity contribution < 1.29 is 0 Å². The van der Waals surface area contributed by atoms with Crippen LogP contribution in [0.2, 0.25) is 0 Å². The van der Waals surface area contributed by atoms with Crippen molar-refractivity contribution >= 4 is 0 Å². The second-order valence-electron chi connectivity index (χ2n) is 8.98. The lowest BCUT2D eigenvalue weighted by Gasteiger charge is -2.51. The Labute approximate surface area is 127 Å². The first kappa shape index (κ1) is 16.3. The molecule has 0 saturated heterocycles. The van der Waals surface area contributed by atoms with Crippen LogP contribution in [0.1, 0.15) is 80.1 Å². The van der Waals surface area contributed by atoms with Crippen LogP contribution in [-0.4, -0.2) is 12.1 Å². The smallest absolute Gasteiger partial charge is 0.00721 e. The molecule has 1 N–H and O–H groups in total. The van der Waals surface area contributed by atoms with E-state index in [4.69, 9.17) is 0 Å². The highest BCUT2D eigenvalue weighted by Crippen LogP contribution is 2.52. The zero-order valence-corrected chi connectivity index (χ0v) is 14.7. The highest BCUT2D eigenvalue weighted by Gasteiger charge is 2.44. The average molecular weight is 280 g/mol. The van der Waals surface area contributed by atoms with Crippen molar-refractivity contribution in [2.24, 2.45) is 29.1 Å². The summed E-state index contributed by atoms with van der Waals surface area (Å²) in [7, 11) is 0. The lowest BCUT2D eigenvalue weighted by Crippen LogP contribution is -2.46. The minimum Gasteiger partial charge on any atom is -0.312 e. The summed E-state index contributed by atoms with van der Waals surface area (Å²) in [4.78, 5) is 0. The molecule has 0 aromatic heterocycles. The van der Waals surface area contributed by atoms with E-state index >= 15 is 0 Å². The lowest BCUT2D eigenvalue weighted by molar-refractivity contribution is -0.00909. The van der Waals surface area contributed by atoms with Crippen LogP contribution in [-0.2, 0) is 0 Å². The quantitative estimate of drug-likeness (QED) is 0.744. The molecule has 118 valence electrons. The topological polar surface area (TPSA) is 12.0 Å². The van der Waals surface area contributed by atoms with Gasteiger partial charge in [0.2, 0.25) is 0 Å². The molecule has 5 unspecified atom stereocenters. The van der Waals surface area contributed by atoms with E-state index in [0.29, 0.717) is 11.5 Å². The van der Waals surface area contributed by atoms with E-state index < -0.39 is 0 Å². The van der Waals surface area contributed by atoms with Crippen LogP contribution in [0.25, 0.3) is 0 Å². The van der Waals surface area contributed by atoms with E-state index in [1.165, 1.54) is 38.5 Å². The van der Waals surface area contributed by atoms with Crippen LogP contribution >= 0.6 is 0 Å². The van der Waals surface area contributed by atoms with E-state index in [1.807, 2.05) is 0 Å². The van der Waals surface area contributed by atoms with Gasteiger partial charge >= 0.3 is 0 Å². The molecule has 2 saturated carbocycles. The Kier molecular flexibility index (Phi) is 5.21. The van der Waals surface area contributed by atoms with E-state index in [1.54, 1.807) is 0 Å². The fraction of sp³-hybridized carbons (Fsp3) is 1.00. The van der Waals surface area contributed by atoms with Gasteiger partial charge in [-0.15, -0.1) is 0 Å².